The molecule has 0 bridgehead atoms. The van der Waals surface area contributed by atoms with Crippen LogP contribution in [0.3, 0.4) is 0 Å². The first-order valence-corrected chi connectivity index (χ1v) is 16.3. The van der Waals surface area contributed by atoms with Crippen LogP contribution in [0.4, 0.5) is 23.4 Å². The standard InChI is InChI=1S/C33H37F4N5O2S/c1-5-27(43)42-20(3)14-40(15-21(42)4)31-25-12-26(33(35,36)37)28(23-6-8-24(34)9-7-23)30-29(25)41(32(44)38-31)17-22(18-45-30)16-39-11-10-19(2)13-39/h5-9,12,19-22H,1,10-11,13-18H2,2-4H3/t19-,20-,21+,22?/m0/s1. The number of alkyl halides is 3. The third kappa shape index (κ3) is 5.98. The zero-order chi connectivity index (χ0) is 32.2. The molecule has 0 spiro atoms. The molecule has 3 aromatic rings. The second-order valence-corrected chi connectivity index (χ2v) is 13.8. The van der Waals surface area contributed by atoms with Crippen molar-refractivity contribution in [2.24, 2.45) is 11.8 Å². The van der Waals surface area contributed by atoms with Gasteiger partial charge in [-0.3, -0.25) is 9.36 Å². The zero-order valence-electron chi connectivity index (χ0n) is 25.6. The molecular formula is C33H37F4N5O2S. The van der Waals surface area contributed by atoms with Gasteiger partial charge in [0.25, 0.3) is 0 Å². The molecule has 2 saturated heterocycles. The molecule has 1 amide bonds. The Bertz CT molecular complexity index is 1680. The summed E-state index contributed by atoms with van der Waals surface area (Å²) in [5.41, 5.74) is -0.772. The third-order valence-corrected chi connectivity index (χ3v) is 10.5. The second kappa shape index (κ2) is 12.1. The molecule has 4 atom stereocenters. The highest BCUT2D eigenvalue weighted by Crippen LogP contribution is 2.48. The molecule has 1 unspecified atom stereocenters. The van der Waals surface area contributed by atoms with Gasteiger partial charge in [-0.05, 0) is 68.5 Å². The summed E-state index contributed by atoms with van der Waals surface area (Å²) in [6.07, 6.45) is -2.39. The van der Waals surface area contributed by atoms with Crippen LogP contribution in [-0.2, 0) is 17.5 Å². The smallest absolute Gasteiger partial charge is 0.352 e. The van der Waals surface area contributed by atoms with E-state index in [1.165, 1.54) is 30.0 Å². The number of halogens is 4. The van der Waals surface area contributed by atoms with Gasteiger partial charge < -0.3 is 14.7 Å². The molecular weight excluding hydrogens is 606 g/mol. The fraction of sp³-hybridized carbons (Fsp3) is 0.485. The number of anilines is 1. The highest BCUT2D eigenvalue weighted by atomic mass is 32.2. The van der Waals surface area contributed by atoms with Crippen LogP contribution < -0.4 is 10.6 Å². The molecule has 3 aliphatic heterocycles. The molecule has 1 aromatic heterocycles. The summed E-state index contributed by atoms with van der Waals surface area (Å²) in [7, 11) is 0. The lowest BCUT2D eigenvalue weighted by Gasteiger charge is -2.44. The maximum absolute atomic E-state index is 15.0. The first-order chi connectivity index (χ1) is 21.3. The predicted molar refractivity (Wildman–Crippen MR) is 169 cm³/mol. The Morgan fingerprint density at radius 2 is 1.78 bits per heavy atom. The number of thioether (sulfide) groups is 1. The van der Waals surface area contributed by atoms with Crippen LogP contribution in [0.1, 0.15) is 32.8 Å². The Morgan fingerprint density at radius 1 is 1.09 bits per heavy atom. The molecule has 2 fully saturated rings. The van der Waals surface area contributed by atoms with E-state index in [9.17, 15) is 27.2 Å². The number of nitrogens with zero attached hydrogens (tertiary/aromatic N) is 5. The number of aromatic nitrogens is 2. The van der Waals surface area contributed by atoms with Crippen LogP contribution in [0, 0.1) is 17.7 Å². The number of rotatable bonds is 5. The van der Waals surface area contributed by atoms with Gasteiger partial charge in [-0.15, -0.1) is 11.8 Å². The lowest BCUT2D eigenvalue weighted by Crippen LogP contribution is -2.58. The summed E-state index contributed by atoms with van der Waals surface area (Å²) in [5.74, 6) is 0.497. The normalized spacial score (nSPS) is 24.2. The minimum Gasteiger partial charge on any atom is -0.352 e. The molecule has 45 heavy (non-hydrogen) atoms. The van der Waals surface area contributed by atoms with Gasteiger partial charge in [0.15, 0.2) is 0 Å². The molecule has 6 rings (SSSR count). The Hall–Kier alpha value is -3.38. The fourth-order valence-corrected chi connectivity index (χ4v) is 8.63. The lowest BCUT2D eigenvalue weighted by molar-refractivity contribution is -0.137. The largest absolute Gasteiger partial charge is 0.417 e. The topological polar surface area (TPSA) is 61.7 Å². The number of benzene rings is 2. The van der Waals surface area contributed by atoms with Crippen molar-refractivity contribution < 1.29 is 22.4 Å². The van der Waals surface area contributed by atoms with E-state index in [1.807, 2.05) is 18.7 Å². The quantitative estimate of drug-likeness (QED) is 0.255. The summed E-state index contributed by atoms with van der Waals surface area (Å²) in [6.45, 7) is 13.1. The Kier molecular flexibility index (Phi) is 8.49. The second-order valence-electron chi connectivity index (χ2n) is 12.7. The van der Waals surface area contributed by atoms with Crippen molar-refractivity contribution >= 4 is 34.4 Å². The van der Waals surface area contributed by atoms with Crippen molar-refractivity contribution in [3.05, 3.63) is 64.9 Å². The van der Waals surface area contributed by atoms with E-state index in [0.29, 0.717) is 28.6 Å². The molecule has 2 aromatic carbocycles. The fourth-order valence-electron chi connectivity index (χ4n) is 7.29. The first-order valence-electron chi connectivity index (χ1n) is 15.3. The van der Waals surface area contributed by atoms with Crippen LogP contribution >= 0.6 is 11.8 Å². The van der Waals surface area contributed by atoms with E-state index in [0.717, 1.165) is 44.3 Å². The number of piperazine rings is 1. The van der Waals surface area contributed by atoms with Gasteiger partial charge in [0.05, 0.1) is 11.1 Å². The van der Waals surface area contributed by atoms with Gasteiger partial charge in [-0.25, -0.2) is 9.18 Å². The van der Waals surface area contributed by atoms with Crippen LogP contribution in [-0.4, -0.2) is 75.8 Å². The maximum atomic E-state index is 15.0. The highest BCUT2D eigenvalue weighted by Gasteiger charge is 2.40. The van der Waals surface area contributed by atoms with Crippen molar-refractivity contribution in [2.75, 3.05) is 43.4 Å². The molecule has 7 nitrogen and oxygen atoms in total. The van der Waals surface area contributed by atoms with Gasteiger partial charge >= 0.3 is 11.9 Å². The van der Waals surface area contributed by atoms with Gasteiger partial charge in [-0.1, -0.05) is 25.6 Å². The lowest BCUT2D eigenvalue weighted by atomic mass is 9.96. The van der Waals surface area contributed by atoms with Crippen LogP contribution in [0.25, 0.3) is 22.0 Å². The Labute approximate surface area is 263 Å². The van der Waals surface area contributed by atoms with E-state index >= 15 is 0 Å². The average molecular weight is 644 g/mol. The molecule has 0 saturated carbocycles. The number of likely N-dealkylation sites (tertiary alicyclic amines) is 1. The summed E-state index contributed by atoms with van der Waals surface area (Å²) >= 11 is 1.33. The van der Waals surface area contributed by atoms with Gasteiger partial charge in [0.2, 0.25) is 5.91 Å². The zero-order valence-corrected chi connectivity index (χ0v) is 26.4. The monoisotopic (exact) mass is 643 g/mol. The Morgan fingerprint density at radius 3 is 2.38 bits per heavy atom. The minimum atomic E-state index is -4.74. The minimum absolute atomic E-state index is 0.00478. The Balaban J connectivity index is 1.56. The third-order valence-electron chi connectivity index (χ3n) is 9.21. The number of carbonyl (C=O) groups is 1. The molecule has 12 heteroatoms. The predicted octanol–water partition coefficient (Wildman–Crippen LogP) is 5.90. The molecule has 4 heterocycles. The van der Waals surface area contributed by atoms with E-state index < -0.39 is 23.2 Å². The molecule has 3 aliphatic rings. The number of amides is 1. The van der Waals surface area contributed by atoms with E-state index in [2.05, 4.69) is 23.4 Å². The van der Waals surface area contributed by atoms with Gasteiger partial charge in [0, 0.05) is 66.4 Å². The number of hydrogen-bond acceptors (Lipinski definition) is 6. The van der Waals surface area contributed by atoms with Crippen molar-refractivity contribution in [1.82, 2.24) is 19.4 Å². The van der Waals surface area contributed by atoms with E-state index in [-0.39, 0.29) is 59.3 Å². The number of carbonyl (C=O) groups excluding carboxylic acids is 1. The maximum Gasteiger partial charge on any atom is 0.417 e. The average Bonchev–Trinajstić information content (AvgIpc) is 3.29. The molecule has 240 valence electrons. The van der Waals surface area contributed by atoms with Crippen molar-refractivity contribution in [1.29, 1.82) is 0 Å². The molecule has 0 N–H and O–H groups in total. The first kappa shape index (κ1) is 31.6. The van der Waals surface area contributed by atoms with Gasteiger partial charge in [-0.2, -0.15) is 18.2 Å². The summed E-state index contributed by atoms with van der Waals surface area (Å²) in [6, 6.07) is 5.55. The SMILES string of the molecule is C=CC(=O)N1[C@H](C)CN(c2nc(=O)n3c4c(c(-c5ccc(F)cc5)c(C(F)(F)F)cc24)SCC(CN2CC[C@H](C)C2)C3)C[C@@H]1C. The molecule has 0 aliphatic carbocycles. The van der Waals surface area contributed by atoms with Crippen LogP contribution in [0.15, 0.2) is 52.7 Å². The van der Waals surface area contributed by atoms with Crippen molar-refractivity contribution in [3.63, 3.8) is 0 Å². The van der Waals surface area contributed by atoms with Crippen LogP contribution in [0.5, 0.6) is 0 Å². The molecule has 0 radical (unpaired) electrons. The highest BCUT2D eigenvalue weighted by molar-refractivity contribution is 7.99. The van der Waals surface area contributed by atoms with Crippen molar-refractivity contribution in [3.8, 4) is 11.1 Å². The van der Waals surface area contributed by atoms with E-state index in [1.54, 1.807) is 9.47 Å². The summed E-state index contributed by atoms with van der Waals surface area (Å²) < 4.78 is 60.4. The summed E-state index contributed by atoms with van der Waals surface area (Å²) in [4.78, 5) is 37.2. The van der Waals surface area contributed by atoms with Gasteiger partial charge in [0.1, 0.15) is 11.6 Å². The van der Waals surface area contributed by atoms with E-state index in [4.69, 9.17) is 0 Å². The van der Waals surface area contributed by atoms with Crippen LogP contribution in [0.2, 0.25) is 0 Å². The summed E-state index contributed by atoms with van der Waals surface area (Å²) in [5, 5.41) is 0.244. The van der Waals surface area contributed by atoms with Crippen molar-refractivity contribution in [2.45, 2.75) is 56.9 Å². The number of hydrogen-bond donors (Lipinski definition) is 0.